The lowest BCUT2D eigenvalue weighted by atomic mass is 9.93. The van der Waals surface area contributed by atoms with Crippen LogP contribution in [0, 0.1) is 5.92 Å². The maximum atomic E-state index is 12.6. The van der Waals surface area contributed by atoms with Crippen molar-refractivity contribution in [1.29, 1.82) is 0 Å². The van der Waals surface area contributed by atoms with Gasteiger partial charge in [0.15, 0.2) is 11.6 Å². The summed E-state index contributed by atoms with van der Waals surface area (Å²) in [6.45, 7) is 3.05. The quantitative estimate of drug-likeness (QED) is 0.778. The minimum atomic E-state index is 0.165. The highest BCUT2D eigenvalue weighted by molar-refractivity contribution is 5.79. The van der Waals surface area contributed by atoms with Crippen molar-refractivity contribution < 1.29 is 4.79 Å². The van der Waals surface area contributed by atoms with E-state index in [9.17, 15) is 4.79 Å². The number of nitrogens with zero attached hydrogens (tertiary/aromatic N) is 7. The number of piperazine rings is 1. The number of allylic oxidation sites excluding steroid dienone is 2. The molecule has 1 aliphatic heterocycles. The lowest BCUT2D eigenvalue weighted by Crippen LogP contribution is -2.50. The first kappa shape index (κ1) is 15.7. The van der Waals surface area contributed by atoms with Gasteiger partial charge in [-0.15, -0.1) is 10.2 Å². The van der Waals surface area contributed by atoms with Crippen molar-refractivity contribution in [3.63, 3.8) is 0 Å². The Balaban J connectivity index is 1.35. The van der Waals surface area contributed by atoms with Crippen molar-refractivity contribution in [2.75, 3.05) is 31.1 Å². The predicted molar refractivity (Wildman–Crippen MR) is 92.2 cm³/mol. The molecule has 0 bridgehead atoms. The van der Waals surface area contributed by atoms with Crippen LogP contribution in [0.5, 0.6) is 0 Å². The molecule has 2 aromatic heterocycles. The molecule has 130 valence electrons. The zero-order chi connectivity index (χ0) is 17.1. The van der Waals surface area contributed by atoms with Crippen molar-refractivity contribution in [3.05, 3.63) is 36.9 Å². The average Bonchev–Trinajstić information content (AvgIpc) is 3.23. The molecule has 8 heteroatoms. The van der Waals surface area contributed by atoms with Crippen LogP contribution < -0.4 is 4.90 Å². The van der Waals surface area contributed by atoms with E-state index in [0.29, 0.717) is 11.7 Å². The van der Waals surface area contributed by atoms with Crippen molar-refractivity contribution >= 4 is 11.7 Å². The van der Waals surface area contributed by atoms with Crippen molar-refractivity contribution in [1.82, 2.24) is 29.9 Å². The van der Waals surface area contributed by atoms with Crippen LogP contribution in [0.3, 0.4) is 0 Å². The molecular weight excluding hydrogens is 318 g/mol. The van der Waals surface area contributed by atoms with Gasteiger partial charge in [-0.1, -0.05) is 12.2 Å². The van der Waals surface area contributed by atoms with Crippen molar-refractivity contribution in [3.8, 4) is 5.82 Å². The van der Waals surface area contributed by atoms with Gasteiger partial charge in [-0.2, -0.15) is 5.10 Å². The molecule has 1 saturated heterocycles. The highest BCUT2D eigenvalue weighted by Crippen LogP contribution is 2.22. The molecule has 4 rings (SSSR count). The molecular formula is C17H21N7O. The van der Waals surface area contributed by atoms with Crippen LogP contribution in [-0.2, 0) is 4.79 Å². The third kappa shape index (κ3) is 3.38. The molecule has 0 radical (unpaired) electrons. The Morgan fingerprint density at radius 1 is 1.04 bits per heavy atom. The predicted octanol–water partition coefficient (Wildman–Crippen LogP) is 1.06. The number of amides is 1. The Morgan fingerprint density at radius 3 is 2.48 bits per heavy atom. The van der Waals surface area contributed by atoms with Gasteiger partial charge < -0.3 is 9.80 Å². The molecule has 1 fully saturated rings. The van der Waals surface area contributed by atoms with Gasteiger partial charge in [0.2, 0.25) is 5.91 Å². The van der Waals surface area contributed by atoms with E-state index in [-0.39, 0.29) is 5.92 Å². The van der Waals surface area contributed by atoms with E-state index in [4.69, 9.17) is 0 Å². The highest BCUT2D eigenvalue weighted by atomic mass is 16.2. The second-order valence-electron chi connectivity index (χ2n) is 6.38. The second-order valence-corrected chi connectivity index (χ2v) is 6.38. The van der Waals surface area contributed by atoms with Crippen LogP contribution in [0.25, 0.3) is 5.82 Å². The number of aromatic nitrogens is 5. The molecule has 0 spiro atoms. The zero-order valence-corrected chi connectivity index (χ0v) is 14.0. The molecule has 2 aromatic rings. The first-order valence-electron chi connectivity index (χ1n) is 8.69. The average molecular weight is 339 g/mol. The van der Waals surface area contributed by atoms with E-state index in [1.807, 2.05) is 17.0 Å². The Labute approximate surface area is 146 Å². The van der Waals surface area contributed by atoms with Gasteiger partial charge in [0.05, 0.1) is 0 Å². The monoisotopic (exact) mass is 339 g/mol. The van der Waals surface area contributed by atoms with Gasteiger partial charge >= 0.3 is 0 Å². The molecule has 3 heterocycles. The van der Waals surface area contributed by atoms with E-state index in [1.165, 1.54) is 6.33 Å². The van der Waals surface area contributed by atoms with Crippen LogP contribution in [0.4, 0.5) is 5.82 Å². The third-order valence-electron chi connectivity index (χ3n) is 4.82. The van der Waals surface area contributed by atoms with Crippen molar-refractivity contribution in [2.45, 2.75) is 19.3 Å². The van der Waals surface area contributed by atoms with E-state index in [1.54, 1.807) is 11.0 Å². The molecule has 1 amide bonds. The first-order chi connectivity index (χ1) is 12.3. The molecule has 0 unspecified atom stereocenters. The topological polar surface area (TPSA) is 80.0 Å². The largest absolute Gasteiger partial charge is 0.352 e. The van der Waals surface area contributed by atoms with E-state index in [2.05, 4.69) is 37.3 Å². The van der Waals surface area contributed by atoms with Crippen LogP contribution in [-0.4, -0.2) is 61.9 Å². The summed E-state index contributed by atoms with van der Waals surface area (Å²) in [5.74, 6) is 1.94. The van der Waals surface area contributed by atoms with Gasteiger partial charge in [-0.3, -0.25) is 4.79 Å². The molecule has 0 saturated carbocycles. The van der Waals surface area contributed by atoms with Crippen molar-refractivity contribution in [2.24, 2.45) is 5.92 Å². The summed E-state index contributed by atoms with van der Waals surface area (Å²) in [5.41, 5.74) is 0. The van der Waals surface area contributed by atoms with Gasteiger partial charge in [0, 0.05) is 32.1 Å². The molecule has 25 heavy (non-hydrogen) atoms. The van der Waals surface area contributed by atoms with Gasteiger partial charge in [0.25, 0.3) is 0 Å². The summed E-state index contributed by atoms with van der Waals surface area (Å²) in [4.78, 5) is 20.7. The summed E-state index contributed by atoms with van der Waals surface area (Å²) >= 11 is 0. The fourth-order valence-corrected chi connectivity index (χ4v) is 3.37. The maximum absolute atomic E-state index is 12.6. The number of hydrogen-bond donors (Lipinski definition) is 0. The Bertz CT molecular complexity index is 733. The van der Waals surface area contributed by atoms with Crippen LogP contribution in [0.1, 0.15) is 19.3 Å². The molecule has 8 nitrogen and oxygen atoms in total. The number of carbonyl (C=O) groups is 1. The fraction of sp³-hybridized carbons (Fsp3) is 0.471. The van der Waals surface area contributed by atoms with E-state index >= 15 is 0 Å². The number of rotatable bonds is 3. The Morgan fingerprint density at radius 2 is 1.84 bits per heavy atom. The molecule has 0 aromatic carbocycles. The summed E-state index contributed by atoms with van der Waals surface area (Å²) in [7, 11) is 0. The standard InChI is InChI=1S/C17H21N7O/c25-17(14-4-2-1-3-5-14)23-10-8-22(9-11-23)15-6-7-16(21-20-15)24-13-18-12-19-24/h1-2,6-7,12-14H,3-5,8-11H2/t14-/m0/s1. The lowest BCUT2D eigenvalue weighted by molar-refractivity contribution is -0.136. The van der Waals surface area contributed by atoms with Gasteiger partial charge in [0.1, 0.15) is 12.7 Å². The number of anilines is 1. The molecule has 1 atom stereocenters. The van der Waals surface area contributed by atoms with Gasteiger partial charge in [-0.05, 0) is 31.4 Å². The van der Waals surface area contributed by atoms with Crippen LogP contribution in [0.2, 0.25) is 0 Å². The SMILES string of the molecule is O=C([C@H]1CC=CCC1)N1CCN(c2ccc(-n3cncn3)nn2)CC1. The number of carbonyl (C=O) groups excluding carboxylic acids is 1. The molecule has 1 aliphatic carbocycles. The molecule has 0 N–H and O–H groups in total. The lowest BCUT2D eigenvalue weighted by Gasteiger charge is -2.37. The second kappa shape index (κ2) is 7.00. The smallest absolute Gasteiger partial charge is 0.226 e. The summed E-state index contributed by atoms with van der Waals surface area (Å²) in [6.07, 6.45) is 10.2. The van der Waals surface area contributed by atoms with E-state index < -0.39 is 0 Å². The Hall–Kier alpha value is -2.77. The van der Waals surface area contributed by atoms with Gasteiger partial charge in [-0.25, -0.2) is 9.67 Å². The maximum Gasteiger partial charge on any atom is 0.226 e. The number of hydrogen-bond acceptors (Lipinski definition) is 6. The molecule has 2 aliphatic rings. The first-order valence-corrected chi connectivity index (χ1v) is 8.69. The van der Waals surface area contributed by atoms with E-state index in [0.717, 1.165) is 51.3 Å². The zero-order valence-electron chi connectivity index (χ0n) is 14.0. The normalized spacial score (nSPS) is 20.7. The highest BCUT2D eigenvalue weighted by Gasteiger charge is 2.27. The minimum Gasteiger partial charge on any atom is -0.352 e. The Kier molecular flexibility index (Phi) is 4.41. The van der Waals surface area contributed by atoms with Crippen LogP contribution in [0.15, 0.2) is 36.9 Å². The fourth-order valence-electron chi connectivity index (χ4n) is 3.37. The third-order valence-corrected chi connectivity index (χ3v) is 4.82. The summed E-state index contributed by atoms with van der Waals surface area (Å²) in [6, 6.07) is 3.82. The summed E-state index contributed by atoms with van der Waals surface area (Å²) in [5, 5.41) is 12.5. The summed E-state index contributed by atoms with van der Waals surface area (Å²) < 4.78 is 1.58. The van der Waals surface area contributed by atoms with Crippen LogP contribution >= 0.6 is 0 Å². The minimum absolute atomic E-state index is 0.165.